The maximum atomic E-state index is 11.3. The molecule has 2 aromatic rings. The second-order valence-corrected chi connectivity index (χ2v) is 4.78. The van der Waals surface area contributed by atoms with Crippen LogP contribution in [-0.4, -0.2) is 38.7 Å². The van der Waals surface area contributed by atoms with Gasteiger partial charge in [0, 0.05) is 18.7 Å². The fraction of sp³-hybridized carbons (Fsp3) is 0.385. The summed E-state index contributed by atoms with van der Waals surface area (Å²) < 4.78 is 1.69. The number of aromatic carboxylic acids is 1. The number of hydrogen-bond acceptors (Lipinski definition) is 4. The van der Waals surface area contributed by atoms with Crippen molar-refractivity contribution >= 4 is 11.5 Å². The molecule has 0 saturated carbocycles. The van der Waals surface area contributed by atoms with Crippen LogP contribution in [0.15, 0.2) is 18.3 Å². The lowest BCUT2D eigenvalue weighted by Crippen LogP contribution is -2.29. The summed E-state index contributed by atoms with van der Waals surface area (Å²) in [6, 6.07) is 3.17. The van der Waals surface area contributed by atoms with Crippen LogP contribution in [0.4, 0.5) is 0 Å². The number of hydrogen-bond donors (Lipinski definition) is 3. The van der Waals surface area contributed by atoms with Crippen molar-refractivity contribution in [1.29, 1.82) is 0 Å². The van der Waals surface area contributed by atoms with Gasteiger partial charge in [-0.2, -0.15) is 0 Å². The third-order valence-corrected chi connectivity index (χ3v) is 3.53. The number of piperidine rings is 1. The van der Waals surface area contributed by atoms with Gasteiger partial charge in [-0.05, 0) is 31.5 Å². The molecule has 2 aromatic heterocycles. The Bertz CT molecular complexity index is 629. The molecule has 0 radical (unpaired) electrons. The molecular weight excluding hydrogens is 246 g/mol. The van der Waals surface area contributed by atoms with Gasteiger partial charge in [0.2, 0.25) is 0 Å². The van der Waals surface area contributed by atoms with E-state index in [1.54, 1.807) is 16.7 Å². The summed E-state index contributed by atoms with van der Waals surface area (Å²) in [4.78, 5) is 15.5. The monoisotopic (exact) mass is 261 g/mol. The van der Waals surface area contributed by atoms with Gasteiger partial charge in [-0.15, -0.1) is 0 Å². The largest absolute Gasteiger partial charge is 0.506 e. The number of imidazole rings is 1. The van der Waals surface area contributed by atoms with Crippen molar-refractivity contribution in [3.8, 4) is 5.75 Å². The molecule has 1 aliphatic heterocycles. The number of rotatable bonds is 2. The number of carbonyl (C=O) groups is 1. The molecule has 1 fully saturated rings. The number of nitrogens with zero attached hydrogens (tertiary/aromatic N) is 2. The lowest BCUT2D eigenvalue weighted by atomic mass is 9.99. The topological polar surface area (TPSA) is 86.9 Å². The smallest absolute Gasteiger partial charge is 0.356 e. The molecule has 3 N–H and O–H groups in total. The molecule has 1 atom stereocenters. The van der Waals surface area contributed by atoms with E-state index >= 15 is 0 Å². The molecule has 0 bridgehead atoms. The average Bonchev–Trinajstić information content (AvgIpc) is 2.81. The standard InChI is InChI=1S/C13H15N3O3/c17-9-4-2-6-16-11(9)10(13(18)19)15-12(16)8-3-1-5-14-7-8/h2,4,6,8,14,17H,1,3,5,7H2,(H,18,19). The predicted molar refractivity (Wildman–Crippen MR) is 68.7 cm³/mol. The average molecular weight is 261 g/mol. The number of aromatic nitrogens is 2. The first-order valence-electron chi connectivity index (χ1n) is 6.32. The van der Waals surface area contributed by atoms with E-state index in [2.05, 4.69) is 10.3 Å². The van der Waals surface area contributed by atoms with Gasteiger partial charge in [-0.1, -0.05) is 0 Å². The van der Waals surface area contributed by atoms with E-state index in [0.29, 0.717) is 5.82 Å². The van der Waals surface area contributed by atoms with Gasteiger partial charge in [0.15, 0.2) is 5.69 Å². The first-order valence-corrected chi connectivity index (χ1v) is 6.32. The van der Waals surface area contributed by atoms with Crippen LogP contribution in [0.3, 0.4) is 0 Å². The highest BCUT2D eigenvalue weighted by atomic mass is 16.4. The third kappa shape index (κ3) is 1.94. The van der Waals surface area contributed by atoms with E-state index in [0.717, 1.165) is 25.9 Å². The van der Waals surface area contributed by atoms with Crippen LogP contribution in [0.1, 0.15) is 35.1 Å². The van der Waals surface area contributed by atoms with E-state index in [-0.39, 0.29) is 22.9 Å². The number of aromatic hydroxyl groups is 1. The third-order valence-electron chi connectivity index (χ3n) is 3.53. The maximum absolute atomic E-state index is 11.3. The first-order chi connectivity index (χ1) is 9.18. The van der Waals surface area contributed by atoms with E-state index in [1.807, 2.05) is 0 Å². The summed E-state index contributed by atoms with van der Waals surface area (Å²) in [6.45, 7) is 1.77. The summed E-state index contributed by atoms with van der Waals surface area (Å²) in [7, 11) is 0. The van der Waals surface area contributed by atoms with Gasteiger partial charge in [0.1, 0.15) is 17.1 Å². The summed E-state index contributed by atoms with van der Waals surface area (Å²) in [6.07, 6.45) is 3.76. The van der Waals surface area contributed by atoms with Gasteiger partial charge in [0.25, 0.3) is 0 Å². The zero-order valence-electron chi connectivity index (χ0n) is 10.3. The first kappa shape index (κ1) is 12.0. The van der Waals surface area contributed by atoms with Gasteiger partial charge in [0.05, 0.1) is 0 Å². The van der Waals surface area contributed by atoms with E-state index < -0.39 is 5.97 Å². The molecule has 6 nitrogen and oxygen atoms in total. The quantitative estimate of drug-likeness (QED) is 0.756. The van der Waals surface area contributed by atoms with Crippen molar-refractivity contribution in [1.82, 2.24) is 14.7 Å². The number of carboxylic acids is 1. The Balaban J connectivity index is 2.19. The molecule has 0 aliphatic carbocycles. The summed E-state index contributed by atoms with van der Waals surface area (Å²) in [5, 5.41) is 22.4. The van der Waals surface area contributed by atoms with Crippen molar-refractivity contribution in [3.63, 3.8) is 0 Å². The van der Waals surface area contributed by atoms with Crippen LogP contribution in [0, 0.1) is 0 Å². The highest BCUT2D eigenvalue weighted by Gasteiger charge is 2.25. The van der Waals surface area contributed by atoms with Gasteiger partial charge < -0.3 is 15.5 Å². The van der Waals surface area contributed by atoms with Crippen molar-refractivity contribution < 1.29 is 15.0 Å². The Morgan fingerprint density at radius 3 is 3.05 bits per heavy atom. The summed E-state index contributed by atoms with van der Waals surface area (Å²) in [5.41, 5.74) is 0.189. The highest BCUT2D eigenvalue weighted by molar-refractivity contribution is 5.95. The zero-order chi connectivity index (χ0) is 13.4. The Morgan fingerprint density at radius 1 is 1.53 bits per heavy atom. The lowest BCUT2D eigenvalue weighted by molar-refractivity contribution is 0.0692. The Labute approximate surface area is 109 Å². The van der Waals surface area contributed by atoms with Gasteiger partial charge in [-0.25, -0.2) is 9.78 Å². The van der Waals surface area contributed by atoms with E-state index in [1.165, 1.54) is 6.07 Å². The normalized spacial score (nSPS) is 19.7. The molecule has 1 unspecified atom stereocenters. The van der Waals surface area contributed by atoms with Crippen LogP contribution in [0.25, 0.3) is 5.52 Å². The Kier molecular flexibility index (Phi) is 2.87. The molecule has 0 spiro atoms. The molecule has 19 heavy (non-hydrogen) atoms. The van der Waals surface area contributed by atoms with Crippen molar-refractivity contribution in [2.75, 3.05) is 13.1 Å². The minimum Gasteiger partial charge on any atom is -0.506 e. The highest BCUT2D eigenvalue weighted by Crippen LogP contribution is 2.29. The molecule has 0 amide bonds. The van der Waals surface area contributed by atoms with Gasteiger partial charge in [-0.3, -0.25) is 4.40 Å². The van der Waals surface area contributed by atoms with E-state index in [9.17, 15) is 15.0 Å². The Morgan fingerprint density at radius 2 is 2.37 bits per heavy atom. The molecular formula is C13H15N3O3. The zero-order valence-corrected chi connectivity index (χ0v) is 10.3. The predicted octanol–water partition coefficient (Wildman–Crippen LogP) is 1.21. The van der Waals surface area contributed by atoms with Crippen LogP contribution in [0.2, 0.25) is 0 Å². The number of fused-ring (bicyclic) bond motifs is 1. The SMILES string of the molecule is O=C(O)c1nc(C2CCCNC2)n2cccc(O)c12. The molecule has 1 aliphatic rings. The number of nitrogens with one attached hydrogen (secondary N) is 1. The second kappa shape index (κ2) is 4.55. The van der Waals surface area contributed by atoms with Gasteiger partial charge >= 0.3 is 5.97 Å². The minimum atomic E-state index is -1.12. The Hall–Kier alpha value is -2.08. The fourth-order valence-corrected chi connectivity index (χ4v) is 2.65. The minimum absolute atomic E-state index is 0.0533. The molecule has 1 saturated heterocycles. The molecule has 100 valence electrons. The van der Waals surface area contributed by atoms with Crippen LogP contribution < -0.4 is 5.32 Å². The van der Waals surface area contributed by atoms with Crippen LogP contribution in [0.5, 0.6) is 5.75 Å². The summed E-state index contributed by atoms with van der Waals surface area (Å²) in [5.74, 6) is -0.289. The van der Waals surface area contributed by atoms with Crippen LogP contribution >= 0.6 is 0 Å². The van der Waals surface area contributed by atoms with Crippen molar-refractivity contribution in [2.24, 2.45) is 0 Å². The molecule has 0 aromatic carbocycles. The summed E-state index contributed by atoms with van der Waals surface area (Å²) >= 11 is 0. The van der Waals surface area contributed by atoms with E-state index in [4.69, 9.17) is 0 Å². The van der Waals surface area contributed by atoms with Crippen molar-refractivity contribution in [3.05, 3.63) is 29.8 Å². The fourth-order valence-electron chi connectivity index (χ4n) is 2.65. The second-order valence-electron chi connectivity index (χ2n) is 4.78. The molecule has 6 heteroatoms. The van der Waals surface area contributed by atoms with Crippen LogP contribution in [-0.2, 0) is 0 Å². The maximum Gasteiger partial charge on any atom is 0.356 e. The number of pyridine rings is 1. The molecule has 3 rings (SSSR count). The van der Waals surface area contributed by atoms with Crippen molar-refractivity contribution in [2.45, 2.75) is 18.8 Å². The molecule has 3 heterocycles. The lowest BCUT2D eigenvalue weighted by Gasteiger charge is -2.21. The number of carboxylic acid groups (broad SMARTS) is 1.